The van der Waals surface area contributed by atoms with Crippen molar-refractivity contribution in [2.75, 3.05) is 20.1 Å². The Bertz CT molecular complexity index is 823. The molecule has 1 aliphatic carbocycles. The molecule has 4 rings (SSSR count). The molecule has 3 heteroatoms. The Morgan fingerprint density at radius 1 is 1.00 bits per heavy atom. The number of hydrogen-bond acceptors (Lipinski definition) is 2. The minimum absolute atomic E-state index is 0.190. The molecule has 1 amide bonds. The smallest absolute Gasteiger partial charge is 0.253 e. The normalized spacial score (nSPS) is 21.2. The van der Waals surface area contributed by atoms with Gasteiger partial charge in [-0.1, -0.05) is 42.0 Å². The van der Waals surface area contributed by atoms with E-state index in [0.29, 0.717) is 17.9 Å². The Morgan fingerprint density at radius 2 is 1.75 bits per heavy atom. The fourth-order valence-corrected chi connectivity index (χ4v) is 5.31. The number of likely N-dealkylation sites (tertiary alicyclic amines) is 1. The van der Waals surface area contributed by atoms with Crippen LogP contribution in [-0.4, -0.2) is 37.0 Å². The first-order chi connectivity index (χ1) is 13.7. The van der Waals surface area contributed by atoms with Gasteiger partial charge in [0, 0.05) is 24.7 Å². The molecule has 3 nitrogen and oxygen atoms in total. The molecule has 1 fully saturated rings. The number of carbonyl (C=O) groups excluding carboxylic acids is 1. The van der Waals surface area contributed by atoms with Gasteiger partial charge in [0.1, 0.15) is 0 Å². The molecule has 0 aromatic heterocycles. The highest BCUT2D eigenvalue weighted by atomic mass is 16.2. The summed E-state index contributed by atoms with van der Waals surface area (Å²) in [4.78, 5) is 14.9. The molecule has 0 spiro atoms. The maximum atomic E-state index is 12.8. The zero-order valence-electron chi connectivity index (χ0n) is 17.2. The second kappa shape index (κ2) is 8.48. The van der Waals surface area contributed by atoms with Crippen LogP contribution in [-0.2, 0) is 12.8 Å². The molecule has 28 heavy (non-hydrogen) atoms. The van der Waals surface area contributed by atoms with Crippen molar-refractivity contribution in [1.29, 1.82) is 0 Å². The minimum atomic E-state index is 0.190. The second-order valence-electron chi connectivity index (χ2n) is 8.59. The van der Waals surface area contributed by atoms with Crippen molar-refractivity contribution >= 4 is 5.91 Å². The van der Waals surface area contributed by atoms with Gasteiger partial charge in [0.25, 0.3) is 5.91 Å². The van der Waals surface area contributed by atoms with Gasteiger partial charge in [-0.3, -0.25) is 4.79 Å². The zero-order chi connectivity index (χ0) is 19.5. The van der Waals surface area contributed by atoms with Crippen molar-refractivity contribution in [3.05, 3.63) is 70.8 Å². The Kier molecular flexibility index (Phi) is 5.82. The molecule has 1 heterocycles. The summed E-state index contributed by atoms with van der Waals surface area (Å²) in [6.07, 6.45) is 5.85. The first-order valence-corrected chi connectivity index (χ1v) is 10.8. The van der Waals surface area contributed by atoms with E-state index in [-0.39, 0.29) is 5.91 Å². The molecule has 0 saturated carbocycles. The Balaban J connectivity index is 1.38. The van der Waals surface area contributed by atoms with Gasteiger partial charge in [-0.25, -0.2) is 0 Å². The van der Waals surface area contributed by atoms with Crippen LogP contribution >= 0.6 is 0 Å². The van der Waals surface area contributed by atoms with Crippen LogP contribution in [0.15, 0.2) is 48.5 Å². The Labute approximate surface area is 169 Å². The van der Waals surface area contributed by atoms with Crippen LogP contribution in [0.3, 0.4) is 0 Å². The number of aryl methyl sites for hydroxylation is 2. The zero-order valence-corrected chi connectivity index (χ0v) is 17.2. The summed E-state index contributed by atoms with van der Waals surface area (Å²) in [5, 5.41) is 3.65. The van der Waals surface area contributed by atoms with E-state index in [9.17, 15) is 4.79 Å². The number of hydrogen-bond donors (Lipinski definition) is 1. The number of piperidine rings is 1. The Hall–Kier alpha value is -2.13. The average molecular weight is 377 g/mol. The van der Waals surface area contributed by atoms with Gasteiger partial charge >= 0.3 is 0 Å². The molecule has 2 aliphatic rings. The van der Waals surface area contributed by atoms with Crippen LogP contribution in [0.2, 0.25) is 0 Å². The maximum Gasteiger partial charge on any atom is 0.253 e. The monoisotopic (exact) mass is 376 g/mol. The standard InChI is InChI=1S/C25H32N2O/c1-18-6-5-9-23(16-18)25(28)27-14-12-20(13-15-27)24(26-2)22-11-10-19-7-3-4-8-21(19)17-22/h3-9,16,20,22,24,26H,10-15,17H2,1-2H3. The summed E-state index contributed by atoms with van der Waals surface area (Å²) in [5.41, 5.74) is 5.04. The van der Waals surface area contributed by atoms with Crippen LogP contribution in [0, 0.1) is 18.8 Å². The maximum absolute atomic E-state index is 12.8. The number of fused-ring (bicyclic) bond motifs is 1. The summed E-state index contributed by atoms with van der Waals surface area (Å²) in [6.45, 7) is 3.79. The van der Waals surface area contributed by atoms with Crippen molar-refractivity contribution in [3.63, 3.8) is 0 Å². The SMILES string of the molecule is CNC(C1CCN(C(=O)c2cccc(C)c2)CC1)C1CCc2ccccc2C1. The summed E-state index contributed by atoms with van der Waals surface area (Å²) >= 11 is 0. The van der Waals surface area contributed by atoms with Crippen molar-refractivity contribution in [3.8, 4) is 0 Å². The van der Waals surface area contributed by atoms with E-state index in [0.717, 1.165) is 37.1 Å². The third-order valence-electron chi connectivity index (χ3n) is 6.83. The van der Waals surface area contributed by atoms with Gasteiger partial charge < -0.3 is 10.2 Å². The van der Waals surface area contributed by atoms with E-state index < -0.39 is 0 Å². The lowest BCUT2D eigenvalue weighted by molar-refractivity contribution is 0.0650. The molecular weight excluding hydrogens is 344 g/mol. The molecule has 1 saturated heterocycles. The predicted octanol–water partition coefficient (Wildman–Crippen LogP) is 4.24. The number of carbonyl (C=O) groups is 1. The highest BCUT2D eigenvalue weighted by Gasteiger charge is 2.34. The molecule has 1 aliphatic heterocycles. The number of nitrogens with one attached hydrogen (secondary N) is 1. The van der Waals surface area contributed by atoms with Crippen LogP contribution in [0.25, 0.3) is 0 Å². The number of amides is 1. The van der Waals surface area contributed by atoms with Gasteiger partial charge in [-0.2, -0.15) is 0 Å². The van der Waals surface area contributed by atoms with Crippen molar-refractivity contribution in [2.24, 2.45) is 11.8 Å². The molecule has 0 bridgehead atoms. The minimum Gasteiger partial charge on any atom is -0.339 e. The molecule has 0 radical (unpaired) electrons. The molecule has 2 atom stereocenters. The van der Waals surface area contributed by atoms with E-state index in [1.165, 1.54) is 30.4 Å². The van der Waals surface area contributed by atoms with Crippen LogP contribution in [0.4, 0.5) is 0 Å². The lowest BCUT2D eigenvalue weighted by Crippen LogP contribution is -2.48. The third kappa shape index (κ3) is 4.00. The molecule has 1 N–H and O–H groups in total. The molecular formula is C25H32N2O. The first-order valence-electron chi connectivity index (χ1n) is 10.8. The highest BCUT2D eigenvalue weighted by molar-refractivity contribution is 5.94. The lowest BCUT2D eigenvalue weighted by Gasteiger charge is -2.41. The van der Waals surface area contributed by atoms with Gasteiger partial charge in [-0.05, 0) is 81.2 Å². The van der Waals surface area contributed by atoms with E-state index in [2.05, 4.69) is 36.6 Å². The van der Waals surface area contributed by atoms with Gasteiger partial charge in [0.15, 0.2) is 0 Å². The fourth-order valence-electron chi connectivity index (χ4n) is 5.31. The summed E-state index contributed by atoms with van der Waals surface area (Å²) in [7, 11) is 2.12. The molecule has 2 unspecified atom stereocenters. The number of nitrogens with zero attached hydrogens (tertiary/aromatic N) is 1. The second-order valence-corrected chi connectivity index (χ2v) is 8.59. The van der Waals surface area contributed by atoms with Crippen molar-refractivity contribution in [1.82, 2.24) is 10.2 Å². The fraction of sp³-hybridized carbons (Fsp3) is 0.480. The largest absolute Gasteiger partial charge is 0.339 e. The van der Waals surface area contributed by atoms with Gasteiger partial charge in [0.05, 0.1) is 0 Å². The topological polar surface area (TPSA) is 32.3 Å². The molecule has 2 aromatic carbocycles. The first kappa shape index (κ1) is 19.2. The quantitative estimate of drug-likeness (QED) is 0.866. The summed E-state index contributed by atoms with van der Waals surface area (Å²) in [5.74, 6) is 1.54. The third-order valence-corrected chi connectivity index (χ3v) is 6.83. The number of rotatable bonds is 4. The van der Waals surface area contributed by atoms with Crippen LogP contribution in [0.1, 0.15) is 46.3 Å². The van der Waals surface area contributed by atoms with Crippen LogP contribution in [0.5, 0.6) is 0 Å². The summed E-state index contributed by atoms with van der Waals surface area (Å²) < 4.78 is 0. The number of benzene rings is 2. The van der Waals surface area contributed by atoms with Gasteiger partial charge in [-0.15, -0.1) is 0 Å². The van der Waals surface area contributed by atoms with Crippen LogP contribution < -0.4 is 5.32 Å². The highest BCUT2D eigenvalue weighted by Crippen LogP contribution is 2.33. The summed E-state index contributed by atoms with van der Waals surface area (Å²) in [6, 6.07) is 17.4. The lowest BCUT2D eigenvalue weighted by atomic mass is 9.74. The predicted molar refractivity (Wildman–Crippen MR) is 115 cm³/mol. The molecule has 148 valence electrons. The van der Waals surface area contributed by atoms with Gasteiger partial charge in [0.2, 0.25) is 0 Å². The average Bonchev–Trinajstić information content (AvgIpc) is 2.74. The van der Waals surface area contributed by atoms with E-state index in [1.807, 2.05) is 36.1 Å². The van der Waals surface area contributed by atoms with Crippen molar-refractivity contribution < 1.29 is 4.79 Å². The van der Waals surface area contributed by atoms with E-state index in [1.54, 1.807) is 0 Å². The van der Waals surface area contributed by atoms with E-state index >= 15 is 0 Å². The Morgan fingerprint density at radius 3 is 2.46 bits per heavy atom. The van der Waals surface area contributed by atoms with Crippen molar-refractivity contribution in [2.45, 2.75) is 45.1 Å². The van der Waals surface area contributed by atoms with E-state index in [4.69, 9.17) is 0 Å². The molecule has 2 aromatic rings.